The van der Waals surface area contributed by atoms with E-state index >= 15 is 0 Å². The minimum absolute atomic E-state index is 0.625. The van der Waals surface area contributed by atoms with Crippen molar-refractivity contribution in [1.29, 1.82) is 0 Å². The van der Waals surface area contributed by atoms with E-state index in [2.05, 4.69) is 17.2 Å². The number of nitrogens with zero attached hydrogens (tertiary/aromatic N) is 1. The molecule has 88 valence electrons. The minimum atomic E-state index is 0.625. The van der Waals surface area contributed by atoms with Gasteiger partial charge in [-0.15, -0.1) is 0 Å². The lowest BCUT2D eigenvalue weighted by atomic mass is 9.85. The summed E-state index contributed by atoms with van der Waals surface area (Å²) in [6.45, 7) is 2.25. The van der Waals surface area contributed by atoms with Gasteiger partial charge in [-0.1, -0.05) is 12.8 Å². The van der Waals surface area contributed by atoms with Crippen LogP contribution >= 0.6 is 0 Å². The number of rotatable bonds is 1. The predicted molar refractivity (Wildman–Crippen MR) is 61.0 cm³/mol. The Morgan fingerprint density at radius 3 is 2.53 bits per heavy atom. The van der Waals surface area contributed by atoms with E-state index in [4.69, 9.17) is 10.6 Å². The van der Waals surface area contributed by atoms with E-state index in [0.717, 1.165) is 12.0 Å². The lowest BCUT2D eigenvalue weighted by molar-refractivity contribution is -0.109. The minimum Gasteiger partial charge on any atom is -0.362 e. The highest BCUT2D eigenvalue weighted by atomic mass is 16.1. The van der Waals surface area contributed by atoms with Crippen LogP contribution < -0.4 is 11.2 Å². The van der Waals surface area contributed by atoms with E-state index in [1.807, 2.05) is 0 Å². The van der Waals surface area contributed by atoms with Gasteiger partial charge in [0.15, 0.2) is 0 Å². The molecule has 15 heavy (non-hydrogen) atoms. The van der Waals surface area contributed by atoms with Gasteiger partial charge in [-0.3, -0.25) is 10.6 Å². The zero-order valence-electron chi connectivity index (χ0n) is 9.78. The van der Waals surface area contributed by atoms with Gasteiger partial charge in [0.2, 0.25) is 6.41 Å². The lowest BCUT2D eigenvalue weighted by Gasteiger charge is -2.29. The third-order valence-electron chi connectivity index (χ3n) is 3.52. The molecule has 3 unspecified atom stereocenters. The molecule has 1 saturated heterocycles. The number of nitrogens with one attached hydrogen (secondary N) is 1. The summed E-state index contributed by atoms with van der Waals surface area (Å²) in [5.41, 5.74) is 0. The summed E-state index contributed by atoms with van der Waals surface area (Å²) in [7, 11) is 1.56. The Morgan fingerprint density at radius 2 is 2.00 bits per heavy atom. The van der Waals surface area contributed by atoms with Crippen molar-refractivity contribution in [2.75, 3.05) is 7.05 Å². The van der Waals surface area contributed by atoms with Crippen molar-refractivity contribution in [3.63, 3.8) is 0 Å². The zero-order chi connectivity index (χ0) is 11.3. The van der Waals surface area contributed by atoms with Crippen LogP contribution in [0, 0.1) is 5.92 Å². The molecule has 1 aliphatic heterocycles. The molecule has 3 atom stereocenters. The quantitative estimate of drug-likeness (QED) is 0.502. The van der Waals surface area contributed by atoms with Crippen LogP contribution in [-0.4, -0.2) is 30.6 Å². The average molecular weight is 213 g/mol. The molecule has 2 aliphatic rings. The molecule has 1 amide bonds. The number of hydrogen-bond acceptors (Lipinski definition) is 3. The highest BCUT2D eigenvalue weighted by Crippen LogP contribution is 2.37. The number of carbonyl (C=O) groups is 1. The molecule has 0 aromatic heterocycles. The van der Waals surface area contributed by atoms with Gasteiger partial charge < -0.3 is 5.32 Å². The molecule has 4 nitrogen and oxygen atoms in total. The first kappa shape index (κ1) is 12.5. The molecule has 2 fully saturated rings. The summed E-state index contributed by atoms with van der Waals surface area (Å²) in [5.74, 6) is 6.89. The van der Waals surface area contributed by atoms with Crippen LogP contribution in [-0.2, 0) is 4.79 Å². The Hall–Kier alpha value is -0.610. The Morgan fingerprint density at radius 1 is 1.40 bits per heavy atom. The summed E-state index contributed by atoms with van der Waals surface area (Å²) in [6, 6.07) is 1.35. The topological polar surface area (TPSA) is 58.4 Å². The first-order valence-electron chi connectivity index (χ1n) is 5.84. The van der Waals surface area contributed by atoms with Gasteiger partial charge in [-0.25, -0.2) is 5.01 Å². The van der Waals surface area contributed by atoms with Crippen LogP contribution in [0.3, 0.4) is 0 Å². The SMILES string of the molecule is CC1CC2CCCCC2N1N.CNC=O. The van der Waals surface area contributed by atoms with Gasteiger partial charge in [-0.05, 0) is 32.1 Å². The van der Waals surface area contributed by atoms with Crippen molar-refractivity contribution in [2.45, 2.75) is 51.1 Å². The van der Waals surface area contributed by atoms with Gasteiger partial charge in [0.25, 0.3) is 0 Å². The highest BCUT2D eigenvalue weighted by molar-refractivity contribution is 5.44. The summed E-state index contributed by atoms with van der Waals surface area (Å²) in [6.07, 6.45) is 7.54. The predicted octanol–water partition coefficient (Wildman–Crippen LogP) is 0.875. The van der Waals surface area contributed by atoms with Gasteiger partial charge in [-0.2, -0.15) is 0 Å². The molecule has 3 N–H and O–H groups in total. The number of fused-ring (bicyclic) bond motifs is 1. The molecule has 0 radical (unpaired) electrons. The molecule has 1 saturated carbocycles. The maximum absolute atomic E-state index is 9.06. The summed E-state index contributed by atoms with van der Waals surface area (Å²) >= 11 is 0. The number of amides is 1. The monoisotopic (exact) mass is 213 g/mol. The number of hydrogen-bond donors (Lipinski definition) is 2. The van der Waals surface area contributed by atoms with Crippen LogP contribution in [0.5, 0.6) is 0 Å². The molecule has 0 spiro atoms. The normalized spacial score (nSPS) is 35.0. The largest absolute Gasteiger partial charge is 0.362 e. The van der Waals surface area contributed by atoms with E-state index < -0.39 is 0 Å². The van der Waals surface area contributed by atoms with Crippen molar-refractivity contribution in [2.24, 2.45) is 11.8 Å². The third kappa shape index (κ3) is 3.18. The van der Waals surface area contributed by atoms with Crippen molar-refractivity contribution < 1.29 is 4.79 Å². The lowest BCUT2D eigenvalue weighted by Crippen LogP contribution is -2.42. The smallest absolute Gasteiger partial charge is 0.206 e. The first-order chi connectivity index (χ1) is 7.20. The van der Waals surface area contributed by atoms with Crippen molar-refractivity contribution >= 4 is 6.41 Å². The van der Waals surface area contributed by atoms with Gasteiger partial charge in [0.05, 0.1) is 0 Å². The highest BCUT2D eigenvalue weighted by Gasteiger charge is 2.38. The van der Waals surface area contributed by atoms with Crippen LogP contribution in [0.25, 0.3) is 0 Å². The van der Waals surface area contributed by atoms with Gasteiger partial charge in [0, 0.05) is 19.1 Å². The van der Waals surface area contributed by atoms with Crippen LogP contribution in [0.2, 0.25) is 0 Å². The summed E-state index contributed by atoms with van der Waals surface area (Å²) < 4.78 is 0. The Labute approximate surface area is 92.2 Å². The second-order valence-corrected chi connectivity index (χ2v) is 4.55. The Bertz CT molecular complexity index is 198. The molecule has 0 aromatic carbocycles. The first-order valence-corrected chi connectivity index (χ1v) is 5.84. The van der Waals surface area contributed by atoms with Crippen LogP contribution in [0.1, 0.15) is 39.0 Å². The zero-order valence-corrected chi connectivity index (χ0v) is 9.78. The Kier molecular flexibility index (Phi) is 5.05. The number of nitrogens with two attached hydrogens (primary N) is 1. The molecule has 4 heteroatoms. The van der Waals surface area contributed by atoms with Crippen LogP contribution in [0.4, 0.5) is 0 Å². The van der Waals surface area contributed by atoms with Gasteiger partial charge in [0.1, 0.15) is 0 Å². The molecular weight excluding hydrogens is 190 g/mol. The van der Waals surface area contributed by atoms with Crippen molar-refractivity contribution in [3.8, 4) is 0 Å². The molecule has 0 bridgehead atoms. The molecule has 1 aliphatic carbocycles. The fourth-order valence-electron chi connectivity index (χ4n) is 2.74. The molecular formula is C11H23N3O. The van der Waals surface area contributed by atoms with E-state index in [1.54, 1.807) is 7.05 Å². The van der Waals surface area contributed by atoms with Crippen molar-refractivity contribution in [1.82, 2.24) is 10.3 Å². The second kappa shape index (κ2) is 6.08. The maximum atomic E-state index is 9.06. The van der Waals surface area contributed by atoms with E-state index in [1.165, 1.54) is 32.1 Å². The van der Waals surface area contributed by atoms with Gasteiger partial charge >= 0.3 is 0 Å². The number of hydrazine groups is 1. The standard InChI is InChI=1S/C9H18N2.C2H5NO/c1-7-6-8-4-2-3-5-9(8)11(7)10;1-3-2-4/h7-9H,2-6,10H2,1H3;2H,1H3,(H,3,4). The molecule has 1 heterocycles. The fraction of sp³-hybridized carbons (Fsp3) is 0.909. The maximum Gasteiger partial charge on any atom is 0.206 e. The Balaban J connectivity index is 0.000000245. The molecule has 0 aromatic rings. The van der Waals surface area contributed by atoms with Crippen LogP contribution in [0.15, 0.2) is 0 Å². The van der Waals surface area contributed by atoms with E-state index in [9.17, 15) is 0 Å². The summed E-state index contributed by atoms with van der Waals surface area (Å²) in [5, 5.41) is 4.35. The van der Waals surface area contributed by atoms with E-state index in [0.29, 0.717) is 12.5 Å². The third-order valence-corrected chi connectivity index (χ3v) is 3.52. The molecule has 2 rings (SSSR count). The average Bonchev–Trinajstić information content (AvgIpc) is 2.56. The fourth-order valence-corrected chi connectivity index (χ4v) is 2.74. The van der Waals surface area contributed by atoms with E-state index in [-0.39, 0.29) is 0 Å². The summed E-state index contributed by atoms with van der Waals surface area (Å²) in [4.78, 5) is 9.06. The second-order valence-electron chi connectivity index (χ2n) is 4.55. The van der Waals surface area contributed by atoms with Crippen molar-refractivity contribution in [3.05, 3.63) is 0 Å². The number of carbonyl (C=O) groups excluding carboxylic acids is 1.